The molecule has 0 aromatic heterocycles. The van der Waals surface area contributed by atoms with Crippen molar-refractivity contribution in [1.29, 1.82) is 0 Å². The van der Waals surface area contributed by atoms with Gasteiger partial charge in [0.15, 0.2) is 0 Å². The van der Waals surface area contributed by atoms with E-state index in [1.165, 1.54) is 0 Å². The highest BCUT2D eigenvalue weighted by molar-refractivity contribution is 7.98. The highest BCUT2D eigenvalue weighted by Crippen LogP contribution is 2.12. The molecule has 1 aliphatic heterocycles. The van der Waals surface area contributed by atoms with Crippen LogP contribution in [0.5, 0.6) is 0 Å². The first kappa shape index (κ1) is 21.8. The number of hydrogen-bond acceptors (Lipinski definition) is 4. The first-order chi connectivity index (χ1) is 11.6. The molecule has 1 aliphatic rings. The zero-order valence-corrected chi connectivity index (χ0v) is 16.3. The summed E-state index contributed by atoms with van der Waals surface area (Å²) in [7, 11) is 0. The van der Waals surface area contributed by atoms with Crippen LogP contribution in [0.25, 0.3) is 0 Å². The van der Waals surface area contributed by atoms with Crippen LogP contribution in [0.2, 0.25) is 0 Å². The highest BCUT2D eigenvalue weighted by Gasteiger charge is 2.28. The highest BCUT2D eigenvalue weighted by atomic mass is 35.5. The molecule has 3 N–H and O–H groups in total. The van der Waals surface area contributed by atoms with E-state index in [9.17, 15) is 9.59 Å². The summed E-state index contributed by atoms with van der Waals surface area (Å²) in [4.78, 5) is 26.9. The molecule has 2 atom stereocenters. The molecule has 7 heteroatoms. The molecule has 25 heavy (non-hydrogen) atoms. The smallest absolute Gasteiger partial charge is 0.245 e. The molecule has 140 valence electrons. The molecule has 2 amide bonds. The molecule has 1 saturated heterocycles. The molecule has 5 nitrogen and oxygen atoms in total. The van der Waals surface area contributed by atoms with Crippen LogP contribution in [-0.4, -0.2) is 53.9 Å². The molecule has 2 unspecified atom stereocenters. The minimum Gasteiger partial charge on any atom is -0.344 e. The van der Waals surface area contributed by atoms with Gasteiger partial charge in [-0.15, -0.1) is 12.4 Å². The van der Waals surface area contributed by atoms with Gasteiger partial charge in [-0.3, -0.25) is 9.59 Å². The standard InChI is InChI=1S/C18H27N3O2S.ClH/c1-24-11-9-16(18(23)21-10-5-8-15(19)13-21)20-17(22)12-14-6-3-2-4-7-14;/h2-4,6-7,15-16H,5,8-13,19H2,1H3,(H,20,22);1H. The molecule has 1 aromatic rings. The van der Waals surface area contributed by atoms with Crippen LogP contribution in [0.15, 0.2) is 30.3 Å². The summed E-state index contributed by atoms with van der Waals surface area (Å²) in [5.74, 6) is 0.727. The molecule has 1 fully saturated rings. The van der Waals surface area contributed by atoms with Crippen molar-refractivity contribution >= 4 is 36.0 Å². The van der Waals surface area contributed by atoms with Crippen LogP contribution in [0.1, 0.15) is 24.8 Å². The summed E-state index contributed by atoms with van der Waals surface area (Å²) in [6, 6.07) is 9.17. The second kappa shape index (κ2) is 11.4. The van der Waals surface area contributed by atoms with Crippen LogP contribution in [0, 0.1) is 0 Å². The van der Waals surface area contributed by atoms with Gasteiger partial charge in [-0.05, 0) is 36.8 Å². The van der Waals surface area contributed by atoms with Gasteiger partial charge < -0.3 is 16.0 Å². The molecular formula is C18H28ClN3O2S. The molecule has 1 heterocycles. The van der Waals surface area contributed by atoms with Gasteiger partial charge in [0.2, 0.25) is 11.8 Å². The molecule has 0 saturated carbocycles. The maximum absolute atomic E-state index is 12.8. The minimum absolute atomic E-state index is 0. The molecule has 0 spiro atoms. The van der Waals surface area contributed by atoms with E-state index in [1.54, 1.807) is 11.8 Å². The summed E-state index contributed by atoms with van der Waals surface area (Å²) in [6.07, 6.45) is 4.83. The van der Waals surface area contributed by atoms with Gasteiger partial charge >= 0.3 is 0 Å². The third kappa shape index (κ3) is 7.26. The summed E-state index contributed by atoms with van der Waals surface area (Å²) >= 11 is 1.68. The SMILES string of the molecule is CSCCC(NC(=O)Cc1ccccc1)C(=O)N1CCCC(N)C1.Cl. The van der Waals surface area contributed by atoms with E-state index < -0.39 is 6.04 Å². The normalized spacial score (nSPS) is 18.2. The average molecular weight is 386 g/mol. The molecule has 2 rings (SSSR count). The van der Waals surface area contributed by atoms with E-state index in [4.69, 9.17) is 5.73 Å². The minimum atomic E-state index is -0.459. The van der Waals surface area contributed by atoms with Crippen molar-refractivity contribution in [3.05, 3.63) is 35.9 Å². The van der Waals surface area contributed by atoms with Crippen molar-refractivity contribution in [2.45, 2.75) is 37.8 Å². The van der Waals surface area contributed by atoms with Crippen molar-refractivity contribution in [3.8, 4) is 0 Å². The van der Waals surface area contributed by atoms with Crippen molar-refractivity contribution in [1.82, 2.24) is 10.2 Å². The van der Waals surface area contributed by atoms with E-state index in [0.29, 0.717) is 19.4 Å². The van der Waals surface area contributed by atoms with Crippen molar-refractivity contribution < 1.29 is 9.59 Å². The summed E-state index contributed by atoms with van der Waals surface area (Å²) in [6.45, 7) is 1.32. The Bertz CT molecular complexity index is 544. The Morgan fingerprint density at radius 2 is 2.08 bits per heavy atom. The number of likely N-dealkylation sites (tertiary alicyclic amines) is 1. The predicted octanol–water partition coefficient (Wildman–Crippen LogP) is 1.84. The number of carbonyl (C=O) groups excluding carboxylic acids is 2. The molecule has 0 radical (unpaired) electrons. The van der Waals surface area contributed by atoms with E-state index in [-0.39, 0.29) is 30.3 Å². The lowest BCUT2D eigenvalue weighted by Crippen LogP contribution is -2.54. The van der Waals surface area contributed by atoms with E-state index in [1.807, 2.05) is 41.5 Å². The zero-order chi connectivity index (χ0) is 17.4. The summed E-state index contributed by atoms with van der Waals surface area (Å²) < 4.78 is 0. The lowest BCUT2D eigenvalue weighted by atomic mass is 10.0. The molecular weight excluding hydrogens is 358 g/mol. The maximum Gasteiger partial charge on any atom is 0.245 e. The maximum atomic E-state index is 12.8. The van der Waals surface area contributed by atoms with Crippen LogP contribution in [-0.2, 0) is 16.0 Å². The number of rotatable bonds is 7. The number of nitrogens with one attached hydrogen (secondary N) is 1. The van der Waals surface area contributed by atoms with E-state index in [2.05, 4.69) is 5.32 Å². The Labute approximate surface area is 160 Å². The fraction of sp³-hybridized carbons (Fsp3) is 0.556. The Balaban J connectivity index is 0.00000312. The third-order valence-electron chi connectivity index (χ3n) is 4.22. The molecule has 0 aliphatic carbocycles. The average Bonchev–Trinajstić information content (AvgIpc) is 2.59. The van der Waals surface area contributed by atoms with Crippen LogP contribution in [0.4, 0.5) is 0 Å². The molecule has 1 aromatic carbocycles. The lowest BCUT2D eigenvalue weighted by Gasteiger charge is -2.33. The number of nitrogens with zero attached hydrogens (tertiary/aromatic N) is 1. The van der Waals surface area contributed by atoms with Crippen molar-refractivity contribution in [2.75, 3.05) is 25.1 Å². The predicted molar refractivity (Wildman–Crippen MR) is 106 cm³/mol. The lowest BCUT2D eigenvalue weighted by molar-refractivity contribution is -0.137. The molecule has 0 bridgehead atoms. The Morgan fingerprint density at radius 1 is 1.36 bits per heavy atom. The van der Waals surface area contributed by atoms with Gasteiger partial charge in [-0.2, -0.15) is 11.8 Å². The van der Waals surface area contributed by atoms with Crippen LogP contribution < -0.4 is 11.1 Å². The Morgan fingerprint density at radius 3 is 2.72 bits per heavy atom. The van der Waals surface area contributed by atoms with Crippen molar-refractivity contribution in [3.63, 3.8) is 0 Å². The number of hydrogen-bond donors (Lipinski definition) is 2. The van der Waals surface area contributed by atoms with E-state index in [0.717, 1.165) is 30.7 Å². The first-order valence-electron chi connectivity index (χ1n) is 8.46. The van der Waals surface area contributed by atoms with Crippen LogP contribution >= 0.6 is 24.2 Å². The van der Waals surface area contributed by atoms with Gasteiger partial charge in [0.05, 0.1) is 6.42 Å². The fourth-order valence-corrected chi connectivity index (χ4v) is 3.42. The third-order valence-corrected chi connectivity index (χ3v) is 4.86. The second-order valence-corrected chi connectivity index (χ2v) is 7.24. The summed E-state index contributed by atoms with van der Waals surface area (Å²) in [5, 5.41) is 2.93. The Hall–Kier alpha value is -1.24. The number of benzene rings is 1. The van der Waals surface area contributed by atoms with Gasteiger partial charge in [0.25, 0.3) is 0 Å². The van der Waals surface area contributed by atoms with Gasteiger partial charge in [0.1, 0.15) is 6.04 Å². The number of thioether (sulfide) groups is 1. The number of amides is 2. The van der Waals surface area contributed by atoms with Gasteiger partial charge in [0, 0.05) is 19.1 Å². The van der Waals surface area contributed by atoms with Crippen molar-refractivity contribution in [2.24, 2.45) is 5.73 Å². The quantitative estimate of drug-likeness (QED) is 0.750. The zero-order valence-electron chi connectivity index (χ0n) is 14.6. The van der Waals surface area contributed by atoms with Gasteiger partial charge in [-0.25, -0.2) is 0 Å². The number of nitrogens with two attached hydrogens (primary N) is 1. The largest absolute Gasteiger partial charge is 0.344 e. The van der Waals surface area contributed by atoms with Gasteiger partial charge in [-0.1, -0.05) is 30.3 Å². The first-order valence-corrected chi connectivity index (χ1v) is 9.86. The number of carbonyl (C=O) groups is 2. The summed E-state index contributed by atoms with van der Waals surface area (Å²) in [5.41, 5.74) is 6.93. The number of halogens is 1. The van der Waals surface area contributed by atoms with E-state index >= 15 is 0 Å². The second-order valence-electron chi connectivity index (χ2n) is 6.25. The Kier molecular flexibility index (Phi) is 9.93. The monoisotopic (exact) mass is 385 g/mol. The fourth-order valence-electron chi connectivity index (χ4n) is 2.95. The topological polar surface area (TPSA) is 75.4 Å². The number of piperidine rings is 1. The van der Waals surface area contributed by atoms with Crippen LogP contribution in [0.3, 0.4) is 0 Å².